The largest absolute Gasteiger partial charge is 0.352 e. The molecule has 39 heavy (non-hydrogen) atoms. The van der Waals surface area contributed by atoms with Gasteiger partial charge in [-0.25, -0.2) is 0 Å². The van der Waals surface area contributed by atoms with E-state index in [2.05, 4.69) is 127 Å². The van der Waals surface area contributed by atoms with Gasteiger partial charge in [-0.1, -0.05) is 150 Å². The quantitative estimate of drug-likeness (QED) is 0.163. The third kappa shape index (κ3) is 7.56. The number of para-hydroxylation sites is 1. The third-order valence-corrected chi connectivity index (χ3v) is 8.57. The zero-order chi connectivity index (χ0) is 27.2. The minimum absolute atomic E-state index is 0.196. The highest BCUT2D eigenvalue weighted by Crippen LogP contribution is 2.47. The normalized spacial score (nSPS) is 17.6. The van der Waals surface area contributed by atoms with E-state index in [9.17, 15) is 0 Å². The Balaban J connectivity index is 1.56. The van der Waals surface area contributed by atoms with Crippen molar-refractivity contribution >= 4 is 5.69 Å². The lowest BCUT2D eigenvalue weighted by molar-refractivity contribution is 0.125. The summed E-state index contributed by atoms with van der Waals surface area (Å²) in [5.41, 5.74) is 3.89. The van der Waals surface area contributed by atoms with Crippen LogP contribution in [0.3, 0.4) is 0 Å². The average Bonchev–Trinajstić information content (AvgIpc) is 3.34. The minimum atomic E-state index is -0.196. The first kappa shape index (κ1) is 29.0. The van der Waals surface area contributed by atoms with Gasteiger partial charge in [-0.05, 0) is 36.1 Å². The summed E-state index contributed by atoms with van der Waals surface area (Å²) >= 11 is 0. The zero-order valence-electron chi connectivity index (χ0n) is 24.5. The summed E-state index contributed by atoms with van der Waals surface area (Å²) < 4.78 is 0. The van der Waals surface area contributed by atoms with Crippen LogP contribution >= 0.6 is 0 Å². The van der Waals surface area contributed by atoms with E-state index in [1.807, 2.05) is 0 Å². The maximum atomic E-state index is 2.69. The van der Waals surface area contributed by atoms with Crippen molar-refractivity contribution in [3.63, 3.8) is 0 Å². The van der Waals surface area contributed by atoms with Gasteiger partial charge in [0.05, 0.1) is 0 Å². The van der Waals surface area contributed by atoms with Crippen molar-refractivity contribution in [1.82, 2.24) is 4.90 Å². The van der Waals surface area contributed by atoms with Gasteiger partial charge in [0, 0.05) is 37.0 Å². The molecule has 0 saturated heterocycles. The lowest BCUT2D eigenvalue weighted by Crippen LogP contribution is -2.59. The number of hydrogen-bond donors (Lipinski definition) is 0. The van der Waals surface area contributed by atoms with Crippen LogP contribution in [0.1, 0.15) is 102 Å². The lowest BCUT2D eigenvalue weighted by atomic mass is 9.78. The molecule has 0 bridgehead atoms. The fraction of sp³-hybridized carbons (Fsp3) is 0.459. The summed E-state index contributed by atoms with van der Waals surface area (Å²) in [4.78, 5) is 5.27. The lowest BCUT2D eigenvalue weighted by Gasteiger charge is -2.51. The molecular formula is C37H50N2. The van der Waals surface area contributed by atoms with Crippen molar-refractivity contribution in [2.24, 2.45) is 0 Å². The van der Waals surface area contributed by atoms with E-state index in [1.165, 1.54) is 81.0 Å². The standard InChI is InChI=1S/C37H50N2/c1-3-5-6-7-8-9-10-11-12-22-29-38-30-31-39(35-27-20-15-21-28-35)37(38,32-33-23-16-13-17-24-33)36(4-2)34-25-18-14-19-26-34/h13-21,23-28,30-31,36H,3-12,22,29,32H2,1-2H3. The molecule has 0 radical (unpaired) electrons. The fourth-order valence-corrected chi connectivity index (χ4v) is 6.57. The molecule has 0 spiro atoms. The van der Waals surface area contributed by atoms with E-state index in [0.29, 0.717) is 5.92 Å². The van der Waals surface area contributed by atoms with Gasteiger partial charge < -0.3 is 9.80 Å². The Kier molecular flexibility index (Phi) is 11.6. The number of unbranched alkanes of at least 4 members (excludes halogenated alkanes) is 9. The molecule has 0 aliphatic carbocycles. The SMILES string of the molecule is CCCCCCCCCCCCN1C=CN(c2ccccc2)C1(Cc1ccccc1)C(CC)c1ccccc1. The minimum Gasteiger partial charge on any atom is -0.352 e. The van der Waals surface area contributed by atoms with Crippen LogP contribution in [0.2, 0.25) is 0 Å². The Bertz CT molecular complexity index is 1080. The summed E-state index contributed by atoms with van der Waals surface area (Å²) in [5, 5.41) is 0. The highest BCUT2D eigenvalue weighted by atomic mass is 15.4. The van der Waals surface area contributed by atoms with Gasteiger partial charge in [-0.15, -0.1) is 0 Å². The van der Waals surface area contributed by atoms with Gasteiger partial charge >= 0.3 is 0 Å². The van der Waals surface area contributed by atoms with Crippen LogP contribution in [0, 0.1) is 0 Å². The molecule has 2 heteroatoms. The van der Waals surface area contributed by atoms with Crippen LogP contribution < -0.4 is 4.90 Å². The third-order valence-electron chi connectivity index (χ3n) is 8.57. The predicted octanol–water partition coefficient (Wildman–Crippen LogP) is 10.3. The number of hydrogen-bond acceptors (Lipinski definition) is 2. The Morgan fingerprint density at radius 3 is 1.72 bits per heavy atom. The number of benzene rings is 3. The van der Waals surface area contributed by atoms with Gasteiger partial charge in [0.1, 0.15) is 5.66 Å². The molecule has 4 rings (SSSR count). The number of nitrogens with zero attached hydrogens (tertiary/aromatic N) is 2. The molecule has 208 valence electrons. The van der Waals surface area contributed by atoms with Crippen LogP contribution in [-0.2, 0) is 6.42 Å². The second-order valence-corrected chi connectivity index (χ2v) is 11.3. The number of anilines is 1. The number of rotatable bonds is 17. The van der Waals surface area contributed by atoms with Crippen LogP contribution in [0.5, 0.6) is 0 Å². The second kappa shape index (κ2) is 15.6. The molecular weight excluding hydrogens is 472 g/mol. The first-order chi connectivity index (χ1) is 19.3. The van der Waals surface area contributed by atoms with Crippen molar-refractivity contribution in [3.05, 3.63) is 115 Å². The maximum absolute atomic E-state index is 2.69. The van der Waals surface area contributed by atoms with Gasteiger partial charge in [-0.3, -0.25) is 0 Å². The van der Waals surface area contributed by atoms with Crippen LogP contribution in [0.25, 0.3) is 0 Å². The monoisotopic (exact) mass is 522 g/mol. The van der Waals surface area contributed by atoms with E-state index >= 15 is 0 Å². The first-order valence-electron chi connectivity index (χ1n) is 15.7. The van der Waals surface area contributed by atoms with Crippen LogP contribution in [0.15, 0.2) is 103 Å². The van der Waals surface area contributed by atoms with Crippen LogP contribution in [-0.4, -0.2) is 17.1 Å². The van der Waals surface area contributed by atoms with Gasteiger partial charge in [-0.2, -0.15) is 0 Å². The van der Waals surface area contributed by atoms with Gasteiger partial charge in [0.15, 0.2) is 0 Å². The summed E-state index contributed by atoms with van der Waals surface area (Å²) in [7, 11) is 0. The molecule has 1 aliphatic heterocycles. The van der Waals surface area contributed by atoms with Crippen molar-refractivity contribution in [3.8, 4) is 0 Å². The molecule has 2 nitrogen and oxygen atoms in total. The highest BCUT2D eigenvalue weighted by Gasteiger charge is 2.50. The molecule has 0 saturated carbocycles. The van der Waals surface area contributed by atoms with E-state index in [-0.39, 0.29) is 5.66 Å². The van der Waals surface area contributed by atoms with Crippen molar-refractivity contribution in [1.29, 1.82) is 0 Å². The molecule has 0 fully saturated rings. The Morgan fingerprint density at radius 1 is 0.590 bits per heavy atom. The zero-order valence-corrected chi connectivity index (χ0v) is 24.5. The fourth-order valence-electron chi connectivity index (χ4n) is 6.57. The molecule has 3 aromatic carbocycles. The molecule has 3 aromatic rings. The Labute approximate surface area is 238 Å². The molecule has 2 unspecified atom stereocenters. The van der Waals surface area contributed by atoms with Gasteiger partial charge in [0.2, 0.25) is 0 Å². The van der Waals surface area contributed by atoms with E-state index in [0.717, 1.165) is 19.4 Å². The van der Waals surface area contributed by atoms with Crippen molar-refractivity contribution in [2.45, 2.75) is 102 Å². The summed E-state index contributed by atoms with van der Waals surface area (Å²) in [6, 6.07) is 33.3. The molecule has 2 atom stereocenters. The molecule has 0 amide bonds. The summed E-state index contributed by atoms with van der Waals surface area (Å²) in [6.07, 6.45) is 20.5. The van der Waals surface area contributed by atoms with Crippen molar-refractivity contribution < 1.29 is 0 Å². The maximum Gasteiger partial charge on any atom is 0.127 e. The Morgan fingerprint density at radius 2 is 1.13 bits per heavy atom. The smallest absolute Gasteiger partial charge is 0.127 e. The van der Waals surface area contributed by atoms with Crippen LogP contribution in [0.4, 0.5) is 5.69 Å². The van der Waals surface area contributed by atoms with Gasteiger partial charge in [0.25, 0.3) is 0 Å². The Hall–Kier alpha value is -3.00. The molecule has 0 aromatic heterocycles. The van der Waals surface area contributed by atoms with Crippen molar-refractivity contribution in [2.75, 3.05) is 11.4 Å². The average molecular weight is 523 g/mol. The van der Waals surface area contributed by atoms with E-state index < -0.39 is 0 Å². The predicted molar refractivity (Wildman–Crippen MR) is 169 cm³/mol. The molecule has 0 N–H and O–H groups in total. The molecule has 1 heterocycles. The topological polar surface area (TPSA) is 6.48 Å². The second-order valence-electron chi connectivity index (χ2n) is 11.3. The first-order valence-corrected chi connectivity index (χ1v) is 15.7. The van der Waals surface area contributed by atoms with E-state index in [4.69, 9.17) is 0 Å². The van der Waals surface area contributed by atoms with E-state index in [1.54, 1.807) is 0 Å². The summed E-state index contributed by atoms with van der Waals surface area (Å²) in [5.74, 6) is 0.359. The highest BCUT2D eigenvalue weighted by molar-refractivity contribution is 5.56. The summed E-state index contributed by atoms with van der Waals surface area (Å²) in [6.45, 7) is 5.75. The molecule has 1 aliphatic rings.